The van der Waals surface area contributed by atoms with Gasteiger partial charge in [-0.3, -0.25) is 9.59 Å². The number of ether oxygens (including phenoxy) is 6. The van der Waals surface area contributed by atoms with E-state index < -0.39 is 48.7 Å². The van der Waals surface area contributed by atoms with Gasteiger partial charge >= 0.3 is 11.9 Å². The maximum absolute atomic E-state index is 13.3. The van der Waals surface area contributed by atoms with E-state index in [1.807, 2.05) is 120 Å². The van der Waals surface area contributed by atoms with Crippen LogP contribution in [0.15, 0.2) is 115 Å². The average molecular weight is 651 g/mol. The molecule has 0 aromatic heterocycles. The molecule has 7 atom stereocenters. The number of benzene rings is 4. The van der Waals surface area contributed by atoms with Crippen molar-refractivity contribution in [2.75, 3.05) is 27.4 Å². The second-order valence-corrected chi connectivity index (χ2v) is 12.0. The van der Waals surface area contributed by atoms with E-state index in [-0.39, 0.29) is 12.1 Å². The van der Waals surface area contributed by atoms with Crippen LogP contribution in [0.4, 0.5) is 0 Å². The number of carbonyl (C=O) groups is 2. The number of nitrogens with one attached hydrogen (secondary N) is 1. The second kappa shape index (κ2) is 14.4. The number of fused-ring (bicyclic) bond motifs is 3. The quantitative estimate of drug-likeness (QED) is 0.193. The highest BCUT2D eigenvalue weighted by Gasteiger charge is 2.57. The molecule has 248 valence electrons. The largest absolute Gasteiger partial charge is 0.468 e. The van der Waals surface area contributed by atoms with Crippen LogP contribution in [0.25, 0.3) is 11.1 Å². The van der Waals surface area contributed by atoms with Gasteiger partial charge in [-0.2, -0.15) is 0 Å². The highest BCUT2D eigenvalue weighted by atomic mass is 16.7. The lowest BCUT2D eigenvalue weighted by molar-refractivity contribution is -0.278. The molecule has 2 unspecified atom stereocenters. The van der Waals surface area contributed by atoms with Crippen LogP contribution < -0.4 is 5.43 Å². The Morgan fingerprint density at radius 1 is 0.646 bits per heavy atom. The van der Waals surface area contributed by atoms with E-state index in [1.54, 1.807) is 0 Å². The molecule has 3 heterocycles. The van der Waals surface area contributed by atoms with Crippen molar-refractivity contribution >= 4 is 11.9 Å². The molecule has 3 saturated heterocycles. The van der Waals surface area contributed by atoms with Gasteiger partial charge in [0.25, 0.3) is 0 Å². The summed E-state index contributed by atoms with van der Waals surface area (Å²) in [6.45, 7) is 0.592. The third-order valence-electron chi connectivity index (χ3n) is 9.25. The zero-order chi connectivity index (χ0) is 33.0. The van der Waals surface area contributed by atoms with Gasteiger partial charge in [0.15, 0.2) is 18.5 Å². The SMILES string of the molecule is COC(=O)C(C(=O)OC)[C@@H](NN1[C@@H]2COC(c3ccccc3)O[C@H]2[C@@H]2OC(c3ccccc3)OC[C@H]21)c1ccc(-c2ccccc2)cc1. The summed E-state index contributed by atoms with van der Waals surface area (Å²) in [5.74, 6) is -2.76. The first-order valence-corrected chi connectivity index (χ1v) is 16.0. The van der Waals surface area contributed by atoms with Gasteiger partial charge in [0.2, 0.25) is 0 Å². The van der Waals surface area contributed by atoms with Gasteiger partial charge in [0, 0.05) is 11.1 Å². The fourth-order valence-electron chi connectivity index (χ4n) is 6.82. The number of esters is 2. The molecule has 0 amide bonds. The van der Waals surface area contributed by atoms with Gasteiger partial charge in [-0.15, -0.1) is 0 Å². The molecule has 1 N–H and O–H groups in total. The molecule has 4 aromatic rings. The van der Waals surface area contributed by atoms with E-state index >= 15 is 0 Å². The van der Waals surface area contributed by atoms with E-state index in [9.17, 15) is 9.59 Å². The van der Waals surface area contributed by atoms with Crippen molar-refractivity contribution < 1.29 is 38.0 Å². The molecule has 4 aromatic carbocycles. The number of methoxy groups -OCH3 is 2. The first kappa shape index (κ1) is 32.1. The molecule has 7 rings (SSSR count). The Balaban J connectivity index is 1.24. The summed E-state index contributed by atoms with van der Waals surface area (Å²) in [6.07, 6.45) is -2.03. The van der Waals surface area contributed by atoms with Gasteiger partial charge in [-0.05, 0) is 16.7 Å². The van der Waals surface area contributed by atoms with Crippen molar-refractivity contribution in [1.29, 1.82) is 0 Å². The summed E-state index contributed by atoms with van der Waals surface area (Å²) in [5.41, 5.74) is 8.07. The summed E-state index contributed by atoms with van der Waals surface area (Å²) in [4.78, 5) is 26.5. The minimum atomic E-state index is -1.31. The van der Waals surface area contributed by atoms with Gasteiger partial charge in [0.05, 0.1) is 45.6 Å². The maximum atomic E-state index is 13.3. The van der Waals surface area contributed by atoms with Crippen molar-refractivity contribution in [3.8, 4) is 11.1 Å². The maximum Gasteiger partial charge on any atom is 0.322 e. The third-order valence-corrected chi connectivity index (χ3v) is 9.25. The molecule has 48 heavy (non-hydrogen) atoms. The van der Waals surface area contributed by atoms with Crippen molar-refractivity contribution in [3.05, 3.63) is 132 Å². The van der Waals surface area contributed by atoms with Crippen LogP contribution in [-0.2, 0) is 38.0 Å². The van der Waals surface area contributed by atoms with Gasteiger partial charge in [0.1, 0.15) is 12.2 Å². The molecule has 10 heteroatoms. The first-order valence-electron chi connectivity index (χ1n) is 16.0. The Morgan fingerprint density at radius 3 is 1.54 bits per heavy atom. The Hall–Kier alpha value is -4.42. The number of hydrogen-bond donors (Lipinski definition) is 1. The Kier molecular flexibility index (Phi) is 9.62. The lowest BCUT2D eigenvalue weighted by Crippen LogP contribution is -2.57. The first-order chi connectivity index (χ1) is 23.6. The van der Waals surface area contributed by atoms with Gasteiger partial charge < -0.3 is 28.4 Å². The highest BCUT2D eigenvalue weighted by Crippen LogP contribution is 2.43. The number of nitrogens with zero attached hydrogens (tertiary/aromatic N) is 1. The number of rotatable bonds is 9. The van der Waals surface area contributed by atoms with Crippen LogP contribution in [0.1, 0.15) is 35.3 Å². The molecule has 3 aliphatic heterocycles. The summed E-state index contributed by atoms with van der Waals surface area (Å²) in [6, 6.07) is 35.7. The smallest absolute Gasteiger partial charge is 0.322 e. The summed E-state index contributed by atoms with van der Waals surface area (Å²) in [7, 11) is 2.52. The van der Waals surface area contributed by atoms with Crippen molar-refractivity contribution in [2.45, 2.75) is 42.9 Å². The number of hydrazine groups is 1. The predicted octanol–water partition coefficient (Wildman–Crippen LogP) is 5.14. The van der Waals surface area contributed by atoms with Crippen LogP contribution in [0.3, 0.4) is 0 Å². The normalized spacial score (nSPS) is 25.9. The zero-order valence-electron chi connectivity index (χ0n) is 26.7. The third kappa shape index (κ3) is 6.38. The molecule has 10 nitrogen and oxygen atoms in total. The van der Waals surface area contributed by atoms with E-state index in [1.165, 1.54) is 14.2 Å². The minimum absolute atomic E-state index is 0.296. The monoisotopic (exact) mass is 650 g/mol. The van der Waals surface area contributed by atoms with Crippen molar-refractivity contribution in [2.24, 2.45) is 5.92 Å². The van der Waals surface area contributed by atoms with Gasteiger partial charge in [-0.1, -0.05) is 115 Å². The molecule has 0 bridgehead atoms. The van der Waals surface area contributed by atoms with Crippen molar-refractivity contribution in [3.63, 3.8) is 0 Å². The predicted molar refractivity (Wildman–Crippen MR) is 175 cm³/mol. The van der Waals surface area contributed by atoms with Gasteiger partial charge in [-0.25, -0.2) is 10.4 Å². The topological polar surface area (TPSA) is 105 Å². The number of hydrogen-bond acceptors (Lipinski definition) is 10. The molecule has 3 aliphatic rings. The fourth-order valence-corrected chi connectivity index (χ4v) is 6.82. The zero-order valence-corrected chi connectivity index (χ0v) is 26.7. The standard InChI is InChI=1S/C38H38N2O8/c1-43-35(41)31(36(42)44-2)32(26-20-18-25(19-21-26)24-12-6-3-7-13-24)39-40-29-22-45-37(27-14-8-4-9-15-27)47-33(29)34-30(40)23-46-38(48-34)28-16-10-5-11-17-28/h3-21,29-34,37-39H,22-23H2,1-2H3/t29-,30-,32+,33-,34-,37?,38?/m1/s1. The van der Waals surface area contributed by atoms with Crippen LogP contribution in [0.2, 0.25) is 0 Å². The van der Waals surface area contributed by atoms with Crippen LogP contribution in [0.5, 0.6) is 0 Å². The van der Waals surface area contributed by atoms with Crippen LogP contribution >= 0.6 is 0 Å². The second-order valence-electron chi connectivity index (χ2n) is 12.0. The lowest BCUT2D eigenvalue weighted by atomic mass is 9.92. The van der Waals surface area contributed by atoms with E-state index in [2.05, 4.69) is 5.43 Å². The van der Waals surface area contributed by atoms with E-state index in [0.29, 0.717) is 18.8 Å². The molecule has 0 radical (unpaired) electrons. The average Bonchev–Trinajstić information content (AvgIpc) is 3.47. The van der Waals surface area contributed by atoms with E-state index in [4.69, 9.17) is 28.4 Å². The molecule has 3 fully saturated rings. The highest BCUT2D eigenvalue weighted by molar-refractivity contribution is 5.96. The molecule has 0 spiro atoms. The van der Waals surface area contributed by atoms with Crippen LogP contribution in [0, 0.1) is 5.92 Å². The lowest BCUT2D eigenvalue weighted by Gasteiger charge is -2.39. The summed E-state index contributed by atoms with van der Waals surface area (Å²) in [5, 5.41) is 1.98. The minimum Gasteiger partial charge on any atom is -0.468 e. The molecular formula is C38H38N2O8. The Labute approximate surface area is 279 Å². The Bertz CT molecular complexity index is 1590. The molecular weight excluding hydrogens is 612 g/mol. The van der Waals surface area contributed by atoms with Crippen LogP contribution in [-0.4, -0.2) is 68.7 Å². The summed E-state index contributed by atoms with van der Waals surface area (Å²) >= 11 is 0. The Morgan fingerprint density at radius 2 is 1.08 bits per heavy atom. The molecule has 0 saturated carbocycles. The summed E-state index contributed by atoms with van der Waals surface area (Å²) < 4.78 is 36.2. The fraction of sp³-hybridized carbons (Fsp3) is 0.316. The molecule has 0 aliphatic carbocycles. The number of carbonyl (C=O) groups excluding carboxylic acids is 2. The van der Waals surface area contributed by atoms with Crippen molar-refractivity contribution in [1.82, 2.24) is 10.4 Å². The van der Waals surface area contributed by atoms with E-state index in [0.717, 1.165) is 22.3 Å².